The van der Waals surface area contributed by atoms with E-state index in [9.17, 15) is 35.9 Å². The van der Waals surface area contributed by atoms with Crippen LogP contribution in [-0.2, 0) is 30.2 Å². The summed E-state index contributed by atoms with van der Waals surface area (Å²) in [6.07, 6.45) is -7.40. The molecule has 2 fully saturated rings. The van der Waals surface area contributed by atoms with Gasteiger partial charge in [-0.3, -0.25) is 9.69 Å². The van der Waals surface area contributed by atoms with Crippen LogP contribution < -0.4 is 5.32 Å². The molecule has 0 atom stereocenters. The summed E-state index contributed by atoms with van der Waals surface area (Å²) >= 11 is 0. The molecule has 14 heteroatoms. The third-order valence-electron chi connectivity index (χ3n) is 7.90. The number of amides is 2. The molecule has 1 saturated heterocycles. The lowest BCUT2D eigenvalue weighted by molar-refractivity contribution is -0.143. The highest BCUT2D eigenvalue weighted by molar-refractivity contribution is 5.95. The summed E-state index contributed by atoms with van der Waals surface area (Å²) < 4.78 is 83.6. The van der Waals surface area contributed by atoms with E-state index in [1.54, 1.807) is 12.1 Å². The highest BCUT2D eigenvalue weighted by Gasteiger charge is 2.37. The second kappa shape index (κ2) is 11.9. The van der Waals surface area contributed by atoms with Gasteiger partial charge in [0.05, 0.1) is 23.4 Å². The minimum Gasteiger partial charge on any atom is -0.445 e. The Balaban J connectivity index is 1.06. The normalized spacial score (nSPS) is 21.2. The first-order valence-electron chi connectivity index (χ1n) is 13.6. The molecule has 0 unspecified atom stereocenters. The van der Waals surface area contributed by atoms with E-state index in [-0.39, 0.29) is 24.1 Å². The fourth-order valence-corrected chi connectivity index (χ4v) is 5.58. The second-order valence-electron chi connectivity index (χ2n) is 10.7. The van der Waals surface area contributed by atoms with Gasteiger partial charge in [-0.15, -0.1) is 0 Å². The molecule has 2 aromatic rings. The molecule has 8 nitrogen and oxygen atoms in total. The third kappa shape index (κ3) is 7.02. The SMILES string of the molecule is O=C(NC1CCC(N2CCN(C(=O)OCc3cc(C(F)(F)F)cc(C(F)(F)F)c3)CC2)CC1)c1ccc2c(c1)N=NC2. The van der Waals surface area contributed by atoms with E-state index in [0.29, 0.717) is 50.4 Å². The van der Waals surface area contributed by atoms with Gasteiger partial charge < -0.3 is 15.0 Å². The fourth-order valence-electron chi connectivity index (χ4n) is 5.58. The number of hydrogen-bond donors (Lipinski definition) is 1. The van der Waals surface area contributed by atoms with Gasteiger partial charge in [0.2, 0.25) is 0 Å². The van der Waals surface area contributed by atoms with Crippen LogP contribution in [0.2, 0.25) is 0 Å². The Morgan fingerprint density at radius 1 is 0.881 bits per heavy atom. The van der Waals surface area contributed by atoms with Crippen molar-refractivity contribution in [2.24, 2.45) is 10.2 Å². The van der Waals surface area contributed by atoms with Gasteiger partial charge in [-0.05, 0) is 61.6 Å². The summed E-state index contributed by atoms with van der Waals surface area (Å²) in [6, 6.07) is 6.86. The lowest BCUT2D eigenvalue weighted by Crippen LogP contribution is -2.53. The van der Waals surface area contributed by atoms with E-state index in [4.69, 9.17) is 4.74 Å². The van der Waals surface area contributed by atoms with Crippen molar-refractivity contribution in [2.45, 2.75) is 63.3 Å². The Morgan fingerprint density at radius 3 is 2.14 bits per heavy atom. The molecular weight excluding hydrogens is 568 g/mol. The van der Waals surface area contributed by atoms with Crippen LogP contribution in [0.3, 0.4) is 0 Å². The van der Waals surface area contributed by atoms with Gasteiger partial charge in [-0.25, -0.2) is 4.79 Å². The minimum atomic E-state index is -4.98. The minimum absolute atomic E-state index is 0.0352. The number of alkyl halides is 6. The summed E-state index contributed by atoms with van der Waals surface area (Å²) in [7, 11) is 0. The molecule has 1 aliphatic carbocycles. The van der Waals surface area contributed by atoms with Gasteiger partial charge in [-0.1, -0.05) is 6.07 Å². The van der Waals surface area contributed by atoms with Gasteiger partial charge in [0, 0.05) is 49.4 Å². The number of azo groups is 1. The maximum Gasteiger partial charge on any atom is 0.416 e. The van der Waals surface area contributed by atoms with E-state index >= 15 is 0 Å². The Hall–Kier alpha value is -3.68. The smallest absolute Gasteiger partial charge is 0.416 e. The number of ether oxygens (including phenoxy) is 1. The number of halogens is 6. The molecule has 226 valence electrons. The number of piperazine rings is 1. The Kier molecular flexibility index (Phi) is 8.44. The summed E-state index contributed by atoms with van der Waals surface area (Å²) in [5.74, 6) is -0.143. The van der Waals surface area contributed by atoms with Crippen molar-refractivity contribution in [1.29, 1.82) is 0 Å². The second-order valence-corrected chi connectivity index (χ2v) is 10.7. The highest BCUT2D eigenvalue weighted by atomic mass is 19.4. The van der Waals surface area contributed by atoms with Crippen molar-refractivity contribution in [3.05, 3.63) is 64.2 Å². The molecular formula is C28H29F6N5O3. The van der Waals surface area contributed by atoms with Gasteiger partial charge in [0.15, 0.2) is 0 Å². The molecule has 2 heterocycles. The van der Waals surface area contributed by atoms with Crippen molar-refractivity contribution >= 4 is 17.7 Å². The average Bonchev–Trinajstić information content (AvgIpc) is 3.43. The molecule has 2 aliphatic heterocycles. The molecule has 0 aromatic heterocycles. The molecule has 2 aromatic carbocycles. The van der Waals surface area contributed by atoms with Crippen LogP contribution in [0.1, 0.15) is 58.3 Å². The summed E-state index contributed by atoms with van der Waals surface area (Å²) in [6.45, 7) is 1.58. The summed E-state index contributed by atoms with van der Waals surface area (Å²) in [4.78, 5) is 28.9. The molecule has 42 heavy (non-hydrogen) atoms. The van der Waals surface area contributed by atoms with Crippen molar-refractivity contribution in [1.82, 2.24) is 15.1 Å². The van der Waals surface area contributed by atoms with Crippen LogP contribution in [0.4, 0.5) is 36.8 Å². The molecule has 2 amide bonds. The van der Waals surface area contributed by atoms with E-state index in [0.717, 1.165) is 36.9 Å². The molecule has 1 N–H and O–H groups in total. The molecule has 3 aliphatic rings. The fraction of sp³-hybridized carbons (Fsp3) is 0.500. The topological polar surface area (TPSA) is 86.6 Å². The van der Waals surface area contributed by atoms with E-state index in [1.807, 2.05) is 6.07 Å². The largest absolute Gasteiger partial charge is 0.445 e. The Labute approximate surface area is 237 Å². The standard InChI is InChI=1S/C28H29F6N5O3/c29-27(30,31)20-11-17(12-21(14-20)28(32,33)34)16-42-26(41)39-9-7-38(8-10-39)23-5-3-22(4-6-23)36-25(40)18-1-2-19-15-35-37-24(19)13-18/h1-2,11-14,22-23H,3-10,15-16H2,(H,36,40). The van der Waals surface area contributed by atoms with E-state index in [2.05, 4.69) is 20.4 Å². The van der Waals surface area contributed by atoms with Gasteiger partial charge in [0.1, 0.15) is 6.61 Å². The highest BCUT2D eigenvalue weighted by Crippen LogP contribution is 2.36. The van der Waals surface area contributed by atoms with Crippen molar-refractivity contribution in [2.75, 3.05) is 26.2 Å². The van der Waals surface area contributed by atoms with Crippen LogP contribution in [0, 0.1) is 0 Å². The molecule has 5 rings (SSSR count). The average molecular weight is 598 g/mol. The molecule has 1 saturated carbocycles. The van der Waals surface area contributed by atoms with Gasteiger partial charge >= 0.3 is 18.4 Å². The van der Waals surface area contributed by atoms with Gasteiger partial charge in [0.25, 0.3) is 5.91 Å². The number of carbonyl (C=O) groups is 2. The number of carbonyl (C=O) groups excluding carboxylic acids is 2. The quantitative estimate of drug-likeness (QED) is 0.409. The molecule has 0 bridgehead atoms. The predicted molar refractivity (Wildman–Crippen MR) is 138 cm³/mol. The molecule has 0 radical (unpaired) electrons. The first kappa shape index (κ1) is 29.8. The molecule has 0 spiro atoms. The Bertz CT molecular complexity index is 1310. The van der Waals surface area contributed by atoms with Crippen molar-refractivity contribution in [3.8, 4) is 0 Å². The van der Waals surface area contributed by atoms with Crippen LogP contribution in [0.25, 0.3) is 0 Å². The van der Waals surface area contributed by atoms with Crippen molar-refractivity contribution in [3.63, 3.8) is 0 Å². The van der Waals surface area contributed by atoms with Crippen LogP contribution in [0.15, 0.2) is 46.6 Å². The lowest BCUT2D eigenvalue weighted by atomic mass is 9.89. The van der Waals surface area contributed by atoms with Crippen LogP contribution >= 0.6 is 0 Å². The number of benzene rings is 2. The Morgan fingerprint density at radius 2 is 1.52 bits per heavy atom. The monoisotopic (exact) mass is 597 g/mol. The predicted octanol–water partition coefficient (Wildman–Crippen LogP) is 6.32. The zero-order valence-electron chi connectivity index (χ0n) is 22.5. The number of nitrogens with one attached hydrogen (secondary N) is 1. The number of fused-ring (bicyclic) bond motifs is 1. The zero-order valence-corrected chi connectivity index (χ0v) is 22.5. The maximum absolute atomic E-state index is 13.1. The van der Waals surface area contributed by atoms with Crippen LogP contribution in [-0.4, -0.2) is 60.1 Å². The first-order valence-corrected chi connectivity index (χ1v) is 13.6. The number of hydrogen-bond acceptors (Lipinski definition) is 6. The van der Waals surface area contributed by atoms with Gasteiger partial charge in [-0.2, -0.15) is 36.6 Å². The van der Waals surface area contributed by atoms with Crippen LogP contribution in [0.5, 0.6) is 0 Å². The first-order chi connectivity index (χ1) is 19.9. The van der Waals surface area contributed by atoms with Crippen molar-refractivity contribution < 1.29 is 40.7 Å². The summed E-state index contributed by atoms with van der Waals surface area (Å²) in [5.41, 5.74) is -1.04. The number of rotatable bonds is 5. The summed E-state index contributed by atoms with van der Waals surface area (Å²) in [5, 5.41) is 11.1. The lowest BCUT2D eigenvalue weighted by Gasteiger charge is -2.41. The van der Waals surface area contributed by atoms with E-state index < -0.39 is 41.7 Å². The third-order valence-corrected chi connectivity index (χ3v) is 7.90. The van der Waals surface area contributed by atoms with E-state index in [1.165, 1.54) is 4.90 Å². The number of nitrogens with zero attached hydrogens (tertiary/aromatic N) is 4. The zero-order chi connectivity index (χ0) is 30.1. The maximum atomic E-state index is 13.1.